The van der Waals surface area contributed by atoms with Crippen molar-refractivity contribution in [1.29, 1.82) is 5.41 Å². The summed E-state index contributed by atoms with van der Waals surface area (Å²) in [6, 6.07) is 0. The van der Waals surface area contributed by atoms with Crippen molar-refractivity contribution in [3.05, 3.63) is 16.4 Å². The number of thiazole rings is 1. The van der Waals surface area contributed by atoms with Gasteiger partial charge in [-0.05, 0) is 6.92 Å². The third-order valence-corrected chi connectivity index (χ3v) is 1.98. The molecule has 0 aliphatic heterocycles. The molecule has 0 spiro atoms. The van der Waals surface area contributed by atoms with Crippen LogP contribution in [-0.2, 0) is 4.79 Å². The highest BCUT2D eigenvalue weighted by Gasteiger charge is 2.00. The van der Waals surface area contributed by atoms with Crippen molar-refractivity contribution in [2.75, 3.05) is 11.6 Å². The van der Waals surface area contributed by atoms with Crippen LogP contribution >= 0.6 is 11.3 Å². The van der Waals surface area contributed by atoms with Crippen LogP contribution in [0.5, 0.6) is 0 Å². The molecule has 0 aromatic carbocycles. The summed E-state index contributed by atoms with van der Waals surface area (Å²) in [6.45, 7) is 2.44. The van der Waals surface area contributed by atoms with E-state index >= 15 is 0 Å². The van der Waals surface area contributed by atoms with Crippen LogP contribution in [0.15, 0.2) is 11.6 Å². The normalized spacial score (nSPS) is 9.55. The number of hydrogen-bond acceptors (Lipinski definition) is 3. The number of amides is 1. The summed E-state index contributed by atoms with van der Waals surface area (Å²) in [6.07, 6.45) is 2.41. The highest BCUT2D eigenvalue weighted by atomic mass is 32.1. The number of rotatable bonds is 3. The van der Waals surface area contributed by atoms with Gasteiger partial charge < -0.3 is 0 Å². The Morgan fingerprint density at radius 1 is 1.91 bits per heavy atom. The molecule has 0 saturated carbocycles. The molecule has 1 heterocycles. The topological polar surface area (TPSA) is 49.1 Å². The minimum Gasteiger partial charge on any atom is -0.277 e. The smallest absolute Gasteiger partial charge is 0.228 e. The Kier molecular flexibility index (Phi) is 2.43. The van der Waals surface area contributed by atoms with Crippen LogP contribution < -0.4 is 9.81 Å². The first-order chi connectivity index (χ1) is 5.29. The molecule has 1 aromatic heterocycles. The van der Waals surface area contributed by atoms with Gasteiger partial charge in [-0.25, -0.2) is 4.68 Å². The van der Waals surface area contributed by atoms with Crippen molar-refractivity contribution in [1.82, 2.24) is 4.68 Å². The van der Waals surface area contributed by atoms with E-state index in [2.05, 4.69) is 0 Å². The molecule has 1 aromatic rings. The van der Waals surface area contributed by atoms with E-state index in [-0.39, 0.29) is 0 Å². The van der Waals surface area contributed by atoms with Gasteiger partial charge in [-0.3, -0.25) is 15.2 Å². The summed E-state index contributed by atoms with van der Waals surface area (Å²) in [4.78, 5) is 10.8. The van der Waals surface area contributed by atoms with Crippen LogP contribution in [0.1, 0.15) is 6.92 Å². The molecule has 1 N–H and O–H groups in total. The third kappa shape index (κ3) is 1.48. The maximum absolute atomic E-state index is 10.4. The van der Waals surface area contributed by atoms with E-state index in [1.165, 1.54) is 21.0 Å². The monoisotopic (exact) mass is 171 g/mol. The summed E-state index contributed by atoms with van der Waals surface area (Å²) in [5.41, 5.74) is 0. The van der Waals surface area contributed by atoms with E-state index in [4.69, 9.17) is 5.41 Å². The zero-order chi connectivity index (χ0) is 8.27. The van der Waals surface area contributed by atoms with Gasteiger partial charge in [0, 0.05) is 18.1 Å². The number of aromatic nitrogens is 1. The Bertz CT molecular complexity index is 290. The molecule has 0 fully saturated rings. The molecule has 0 bridgehead atoms. The van der Waals surface area contributed by atoms with Gasteiger partial charge in [-0.2, -0.15) is 0 Å². The van der Waals surface area contributed by atoms with E-state index < -0.39 is 0 Å². The molecule has 0 saturated heterocycles. The molecule has 5 heteroatoms. The van der Waals surface area contributed by atoms with Crippen molar-refractivity contribution < 1.29 is 4.79 Å². The van der Waals surface area contributed by atoms with Crippen molar-refractivity contribution >= 4 is 17.7 Å². The highest BCUT2D eigenvalue weighted by Crippen LogP contribution is 1.88. The Morgan fingerprint density at radius 3 is 3.00 bits per heavy atom. The van der Waals surface area contributed by atoms with Gasteiger partial charge in [-0.15, -0.1) is 11.3 Å². The maximum Gasteiger partial charge on any atom is 0.228 e. The molecular formula is C6H9N3OS. The van der Waals surface area contributed by atoms with E-state index in [1.54, 1.807) is 11.6 Å². The Labute approximate surface area is 68.2 Å². The van der Waals surface area contributed by atoms with Gasteiger partial charge in [0.25, 0.3) is 0 Å². The first-order valence-electron chi connectivity index (χ1n) is 3.22. The summed E-state index contributed by atoms with van der Waals surface area (Å²) in [5.74, 6) is 0. The predicted octanol–water partition coefficient (Wildman–Crippen LogP) is 0.143. The molecule has 0 aliphatic carbocycles. The minimum absolute atomic E-state index is 0.360. The van der Waals surface area contributed by atoms with Gasteiger partial charge in [-0.1, -0.05) is 0 Å². The fraction of sp³-hybridized carbons (Fsp3) is 0.333. The van der Waals surface area contributed by atoms with E-state index in [0.29, 0.717) is 17.8 Å². The lowest BCUT2D eigenvalue weighted by Gasteiger charge is -2.14. The number of hydrogen-bond donors (Lipinski definition) is 1. The summed E-state index contributed by atoms with van der Waals surface area (Å²) >= 11 is 1.29. The average Bonchev–Trinajstić information content (AvgIpc) is 2.40. The van der Waals surface area contributed by atoms with Crippen LogP contribution in [0, 0.1) is 5.41 Å². The predicted molar refractivity (Wildman–Crippen MR) is 43.0 cm³/mol. The summed E-state index contributed by atoms with van der Waals surface area (Å²) in [7, 11) is 0. The molecular weight excluding hydrogens is 162 g/mol. The second-order valence-corrected chi connectivity index (χ2v) is 2.81. The first-order valence-corrected chi connectivity index (χ1v) is 4.10. The van der Waals surface area contributed by atoms with Crippen LogP contribution in [0.2, 0.25) is 0 Å². The SMILES string of the molecule is CCN(C=O)n1ccsc1=N. The fourth-order valence-corrected chi connectivity index (χ4v) is 1.33. The highest BCUT2D eigenvalue weighted by molar-refractivity contribution is 7.06. The molecule has 11 heavy (non-hydrogen) atoms. The Balaban J connectivity index is 2.98. The van der Waals surface area contributed by atoms with Gasteiger partial charge in [0.15, 0.2) is 0 Å². The van der Waals surface area contributed by atoms with Gasteiger partial charge in [0.1, 0.15) is 0 Å². The second-order valence-electron chi connectivity index (χ2n) is 1.91. The number of nitrogens with one attached hydrogen (secondary N) is 1. The van der Waals surface area contributed by atoms with E-state index in [1.807, 2.05) is 6.92 Å². The number of carbonyl (C=O) groups is 1. The van der Waals surface area contributed by atoms with Crippen LogP contribution in [0.4, 0.5) is 0 Å². The molecule has 0 atom stereocenters. The Hall–Kier alpha value is -1.10. The van der Waals surface area contributed by atoms with Crippen molar-refractivity contribution in [3.63, 3.8) is 0 Å². The lowest BCUT2D eigenvalue weighted by molar-refractivity contribution is -0.108. The Morgan fingerprint density at radius 2 is 2.64 bits per heavy atom. The zero-order valence-electron chi connectivity index (χ0n) is 6.15. The molecule has 1 rings (SSSR count). The standard InChI is InChI=1S/C6H9N3OS/c1-2-8(5-10)9-3-4-11-6(9)7/h3-5,7H,2H2,1H3. The largest absolute Gasteiger partial charge is 0.277 e. The molecule has 60 valence electrons. The average molecular weight is 171 g/mol. The van der Waals surface area contributed by atoms with E-state index in [9.17, 15) is 4.79 Å². The van der Waals surface area contributed by atoms with E-state index in [0.717, 1.165) is 0 Å². The number of carbonyl (C=O) groups excluding carboxylic acids is 1. The molecule has 0 radical (unpaired) electrons. The van der Waals surface area contributed by atoms with Gasteiger partial charge in [0.05, 0.1) is 0 Å². The van der Waals surface area contributed by atoms with Crippen LogP contribution in [0.25, 0.3) is 0 Å². The fourth-order valence-electron chi connectivity index (χ4n) is 0.754. The maximum atomic E-state index is 10.4. The van der Waals surface area contributed by atoms with Crippen molar-refractivity contribution in [2.24, 2.45) is 0 Å². The lowest BCUT2D eigenvalue weighted by Crippen LogP contribution is -2.38. The van der Waals surface area contributed by atoms with Gasteiger partial charge >= 0.3 is 0 Å². The van der Waals surface area contributed by atoms with Gasteiger partial charge in [0.2, 0.25) is 11.2 Å². The third-order valence-electron chi connectivity index (χ3n) is 1.31. The first kappa shape index (κ1) is 8.00. The zero-order valence-corrected chi connectivity index (χ0v) is 6.97. The van der Waals surface area contributed by atoms with Crippen molar-refractivity contribution in [2.45, 2.75) is 6.92 Å². The second kappa shape index (κ2) is 3.34. The minimum atomic E-state index is 0.360. The van der Waals surface area contributed by atoms with Crippen LogP contribution in [-0.4, -0.2) is 17.6 Å². The lowest BCUT2D eigenvalue weighted by atomic mass is 10.7. The quantitative estimate of drug-likeness (QED) is 0.646. The summed E-state index contributed by atoms with van der Waals surface area (Å²) in [5, 5.41) is 10.6. The summed E-state index contributed by atoms with van der Waals surface area (Å²) < 4.78 is 1.51. The molecule has 1 amide bonds. The molecule has 0 aliphatic rings. The number of nitrogens with zero attached hydrogens (tertiary/aromatic N) is 2. The van der Waals surface area contributed by atoms with Crippen molar-refractivity contribution in [3.8, 4) is 0 Å². The molecule has 4 nitrogen and oxygen atoms in total. The van der Waals surface area contributed by atoms with Crippen LogP contribution in [0.3, 0.4) is 0 Å². The molecule has 0 unspecified atom stereocenters.